The number of carbonyl (C=O) groups excluding carboxylic acids is 1. The summed E-state index contributed by atoms with van der Waals surface area (Å²) in [6.07, 6.45) is 1.60. The molecule has 0 amide bonds. The lowest BCUT2D eigenvalue weighted by atomic mass is 9.92. The fourth-order valence-electron chi connectivity index (χ4n) is 1.65. The number of benzene rings is 1. The van der Waals surface area contributed by atoms with Gasteiger partial charge in [-0.3, -0.25) is 9.78 Å². The zero-order chi connectivity index (χ0) is 12.3. The van der Waals surface area contributed by atoms with Crippen molar-refractivity contribution >= 4 is 5.78 Å². The monoisotopic (exact) mass is 212 g/mol. The maximum absolute atomic E-state index is 11.8. The number of aromatic nitrogens is 1. The van der Waals surface area contributed by atoms with Crippen LogP contribution in [0.4, 0.5) is 0 Å². The third kappa shape index (κ3) is 2.16. The van der Waals surface area contributed by atoms with Crippen molar-refractivity contribution in [3.8, 4) is 0 Å². The van der Waals surface area contributed by atoms with E-state index in [-0.39, 0.29) is 5.78 Å². The lowest BCUT2D eigenvalue weighted by molar-refractivity contribution is -0.117. The number of ketones is 1. The van der Waals surface area contributed by atoms with Crippen LogP contribution in [0, 0.1) is 0 Å². The molecule has 2 nitrogen and oxygen atoms in total. The Morgan fingerprint density at radius 1 is 1.19 bits per heavy atom. The van der Waals surface area contributed by atoms with Gasteiger partial charge in [0, 0.05) is 6.20 Å². The van der Waals surface area contributed by atoms with E-state index in [2.05, 4.69) is 4.98 Å². The predicted molar refractivity (Wildman–Crippen MR) is 63.2 cm³/mol. The van der Waals surface area contributed by atoms with Gasteiger partial charge < -0.3 is 0 Å². The molecular formula is C14H13NO. The molecular weight excluding hydrogens is 198 g/mol. The van der Waals surface area contributed by atoms with Gasteiger partial charge in [0.15, 0.2) is 0 Å². The van der Waals surface area contributed by atoms with Crippen LogP contribution < -0.4 is 0 Å². The van der Waals surface area contributed by atoms with Gasteiger partial charge in [-0.25, -0.2) is 0 Å². The van der Waals surface area contributed by atoms with Crippen LogP contribution in [0.2, 0.25) is 0 Å². The molecule has 1 aromatic carbocycles. The fraction of sp³-hybridized carbons (Fsp3) is 0.143. The Balaban J connectivity index is 2.59. The molecule has 0 saturated heterocycles. The Labute approximate surface area is 96.4 Å². The number of rotatable bonds is 3. The Kier molecular flexibility index (Phi) is 2.73. The first-order chi connectivity index (χ1) is 8.15. The van der Waals surface area contributed by atoms with Crippen molar-refractivity contribution in [2.75, 3.05) is 0 Å². The topological polar surface area (TPSA) is 30.0 Å². The highest BCUT2D eigenvalue weighted by Crippen LogP contribution is 2.23. The molecule has 1 unspecified atom stereocenters. The van der Waals surface area contributed by atoms with E-state index in [4.69, 9.17) is 1.37 Å². The van der Waals surface area contributed by atoms with Crippen molar-refractivity contribution in [2.45, 2.75) is 12.8 Å². The average molecular weight is 212 g/mol. The number of hydrogen-bond donors (Lipinski definition) is 0. The summed E-state index contributed by atoms with van der Waals surface area (Å²) in [6.45, 7) is 1.43. The van der Waals surface area contributed by atoms with Gasteiger partial charge in [0.25, 0.3) is 0 Å². The minimum atomic E-state index is -1.41. The minimum absolute atomic E-state index is 0.234. The molecule has 0 aliphatic rings. The summed E-state index contributed by atoms with van der Waals surface area (Å²) < 4.78 is 8.45. The van der Waals surface area contributed by atoms with E-state index >= 15 is 0 Å². The third-order valence-corrected chi connectivity index (χ3v) is 2.34. The zero-order valence-electron chi connectivity index (χ0n) is 10.1. The summed E-state index contributed by atoms with van der Waals surface area (Å²) in [5.74, 6) is -1.65. The summed E-state index contributed by atoms with van der Waals surface area (Å²) in [4.78, 5) is 16.0. The van der Waals surface area contributed by atoms with Gasteiger partial charge >= 0.3 is 0 Å². The van der Waals surface area contributed by atoms with Gasteiger partial charge in [-0.1, -0.05) is 36.4 Å². The van der Waals surface area contributed by atoms with Gasteiger partial charge in [0.1, 0.15) is 5.78 Å². The fourth-order valence-corrected chi connectivity index (χ4v) is 1.65. The highest BCUT2D eigenvalue weighted by Gasteiger charge is 2.19. The number of hydrogen-bond acceptors (Lipinski definition) is 2. The van der Waals surface area contributed by atoms with Crippen molar-refractivity contribution < 1.29 is 6.17 Å². The van der Waals surface area contributed by atoms with E-state index in [0.717, 1.165) is 0 Å². The molecule has 0 aliphatic heterocycles. The molecule has 80 valence electrons. The molecule has 0 N–H and O–H groups in total. The van der Waals surface area contributed by atoms with Crippen LogP contribution in [0.5, 0.6) is 0 Å². The van der Waals surface area contributed by atoms with Crippen LogP contribution in [-0.2, 0) is 4.79 Å². The molecule has 0 spiro atoms. The van der Waals surface area contributed by atoms with Crippen LogP contribution >= 0.6 is 0 Å². The van der Waals surface area contributed by atoms with Gasteiger partial charge in [0.05, 0.1) is 13.0 Å². The van der Waals surface area contributed by atoms with Crippen molar-refractivity contribution in [3.63, 3.8) is 0 Å². The van der Waals surface area contributed by atoms with Crippen molar-refractivity contribution in [1.82, 2.24) is 4.98 Å². The second-order valence-corrected chi connectivity index (χ2v) is 3.51. The number of nitrogens with zero attached hydrogens (tertiary/aromatic N) is 1. The van der Waals surface area contributed by atoms with E-state index < -0.39 is 5.89 Å². The number of pyridine rings is 1. The summed E-state index contributed by atoms with van der Waals surface area (Å²) in [5.41, 5.74) is 1.10. The summed E-state index contributed by atoms with van der Waals surface area (Å²) in [5, 5.41) is 0. The predicted octanol–water partition coefficient (Wildman–Crippen LogP) is 2.80. The molecule has 0 fully saturated rings. The lowest BCUT2D eigenvalue weighted by Gasteiger charge is -2.13. The second kappa shape index (κ2) is 4.71. The van der Waals surface area contributed by atoms with Crippen LogP contribution in [0.15, 0.2) is 54.7 Å². The zero-order valence-corrected chi connectivity index (χ0v) is 9.05. The Morgan fingerprint density at radius 3 is 2.44 bits per heavy atom. The van der Waals surface area contributed by atoms with Gasteiger partial charge in [-0.15, -0.1) is 0 Å². The SMILES string of the molecule is [2H]C(C(C)=O)(c1ccccc1)c1ccccn1. The largest absolute Gasteiger partial charge is 0.299 e. The molecule has 2 rings (SSSR count). The second-order valence-electron chi connectivity index (χ2n) is 3.51. The van der Waals surface area contributed by atoms with E-state index in [1.807, 2.05) is 18.2 Å². The van der Waals surface area contributed by atoms with Crippen molar-refractivity contribution in [3.05, 3.63) is 66.0 Å². The van der Waals surface area contributed by atoms with Crippen molar-refractivity contribution in [1.29, 1.82) is 0 Å². The van der Waals surface area contributed by atoms with Gasteiger partial charge in [-0.05, 0) is 24.6 Å². The molecule has 2 heteroatoms. The molecule has 0 saturated carbocycles. The molecule has 0 aliphatic carbocycles. The molecule has 0 radical (unpaired) electrons. The first-order valence-corrected chi connectivity index (χ1v) is 5.14. The standard InChI is InChI=1S/C14H13NO/c1-11(16)14(12-7-3-2-4-8-12)13-9-5-6-10-15-13/h2-10,14H,1H3/i14D. The molecule has 16 heavy (non-hydrogen) atoms. The first-order valence-electron chi connectivity index (χ1n) is 5.64. The quantitative estimate of drug-likeness (QED) is 0.783. The maximum atomic E-state index is 11.8. The summed E-state index contributed by atoms with van der Waals surface area (Å²) in [7, 11) is 0. The number of carbonyl (C=O) groups is 1. The van der Waals surface area contributed by atoms with Crippen LogP contribution in [-0.4, -0.2) is 10.8 Å². The Hall–Kier alpha value is -1.96. The highest BCUT2D eigenvalue weighted by molar-refractivity contribution is 5.86. The maximum Gasteiger partial charge on any atom is 0.143 e. The van der Waals surface area contributed by atoms with Gasteiger partial charge in [0.2, 0.25) is 0 Å². The molecule has 1 aromatic heterocycles. The molecule has 1 atom stereocenters. The van der Waals surface area contributed by atoms with Crippen molar-refractivity contribution in [2.24, 2.45) is 0 Å². The van der Waals surface area contributed by atoms with Gasteiger partial charge in [-0.2, -0.15) is 0 Å². The summed E-state index contributed by atoms with van der Waals surface area (Å²) in [6, 6.07) is 14.3. The average Bonchev–Trinajstić information content (AvgIpc) is 2.39. The van der Waals surface area contributed by atoms with E-state index in [0.29, 0.717) is 11.3 Å². The normalized spacial score (nSPS) is 14.9. The summed E-state index contributed by atoms with van der Waals surface area (Å²) >= 11 is 0. The lowest BCUT2D eigenvalue weighted by Crippen LogP contribution is -2.11. The number of Topliss-reactive ketones (excluding diaryl/α,β-unsaturated/α-hetero) is 1. The first kappa shape index (κ1) is 9.28. The van der Waals surface area contributed by atoms with E-state index in [1.165, 1.54) is 6.92 Å². The van der Waals surface area contributed by atoms with E-state index in [1.54, 1.807) is 36.5 Å². The molecule has 1 heterocycles. The Morgan fingerprint density at radius 2 is 1.88 bits per heavy atom. The molecule has 0 bridgehead atoms. The minimum Gasteiger partial charge on any atom is -0.299 e. The molecule has 2 aromatic rings. The Bertz CT molecular complexity index is 471. The van der Waals surface area contributed by atoms with Crippen LogP contribution in [0.3, 0.4) is 0 Å². The van der Waals surface area contributed by atoms with Crippen LogP contribution in [0.1, 0.15) is 25.4 Å². The highest BCUT2D eigenvalue weighted by atomic mass is 16.1. The smallest absolute Gasteiger partial charge is 0.143 e. The van der Waals surface area contributed by atoms with E-state index in [9.17, 15) is 4.79 Å². The third-order valence-electron chi connectivity index (χ3n) is 2.34. The van der Waals surface area contributed by atoms with Crippen LogP contribution in [0.25, 0.3) is 0 Å².